The van der Waals surface area contributed by atoms with Gasteiger partial charge in [-0.3, -0.25) is 4.90 Å². The van der Waals surface area contributed by atoms with Crippen LogP contribution in [-0.4, -0.2) is 71.5 Å². The minimum atomic E-state index is -0.445. The molecule has 1 fully saturated rings. The summed E-state index contributed by atoms with van der Waals surface area (Å²) in [5.41, 5.74) is 4.96. The largest absolute Gasteiger partial charge is 0.389 e. The van der Waals surface area contributed by atoms with Gasteiger partial charge in [0, 0.05) is 50.4 Å². The number of β-amino-alcohol motifs (C(OH)–C–C–N with tert-alkyl or cyclic N) is 1. The molecule has 1 saturated heterocycles. The third-order valence-electron chi connectivity index (χ3n) is 5.78. The maximum atomic E-state index is 10.3. The Morgan fingerprint density at radius 2 is 1.71 bits per heavy atom. The molecule has 1 aromatic carbocycles. The van der Waals surface area contributed by atoms with Crippen LogP contribution in [0.25, 0.3) is 0 Å². The zero-order valence-corrected chi connectivity index (χ0v) is 19.8. The predicted molar refractivity (Wildman–Crippen MR) is 126 cm³/mol. The van der Waals surface area contributed by atoms with Crippen molar-refractivity contribution in [2.75, 3.05) is 44.2 Å². The van der Waals surface area contributed by atoms with E-state index < -0.39 is 6.10 Å². The summed E-state index contributed by atoms with van der Waals surface area (Å²) in [5.74, 6) is 1.91. The normalized spacial score (nSPS) is 16.2. The van der Waals surface area contributed by atoms with Gasteiger partial charge in [-0.1, -0.05) is 36.8 Å². The van der Waals surface area contributed by atoms with Crippen molar-refractivity contribution in [2.45, 2.75) is 59.7 Å². The van der Waals surface area contributed by atoms with Crippen LogP contribution in [0, 0.1) is 13.8 Å². The summed E-state index contributed by atoms with van der Waals surface area (Å²) in [6, 6.07) is 8.75. The number of aliphatic hydroxyl groups is 1. The highest BCUT2D eigenvalue weighted by atomic mass is 16.5. The summed E-state index contributed by atoms with van der Waals surface area (Å²) in [7, 11) is 0. The van der Waals surface area contributed by atoms with Crippen molar-refractivity contribution in [3.8, 4) is 0 Å². The van der Waals surface area contributed by atoms with Crippen LogP contribution in [0.3, 0.4) is 0 Å². The lowest BCUT2D eigenvalue weighted by atomic mass is 10.0. The Labute approximate surface area is 187 Å². The first-order valence-electron chi connectivity index (χ1n) is 11.5. The first-order chi connectivity index (χ1) is 14.9. The molecule has 0 aliphatic carbocycles. The van der Waals surface area contributed by atoms with E-state index in [1.54, 1.807) is 0 Å². The molecule has 0 radical (unpaired) electrons. The molecule has 1 N–H and O–H groups in total. The second-order valence-corrected chi connectivity index (χ2v) is 8.86. The average Bonchev–Trinajstić information content (AvgIpc) is 2.75. The second-order valence-electron chi connectivity index (χ2n) is 8.86. The van der Waals surface area contributed by atoms with Gasteiger partial charge in [0.2, 0.25) is 0 Å². The SMILES string of the molecule is CCc1nc(C)nc(N2CCN(CC(O)COC(C)C)CC2)c1Cc1ccc(C)cc1. The smallest absolute Gasteiger partial charge is 0.136 e. The van der Waals surface area contributed by atoms with Crippen LogP contribution >= 0.6 is 0 Å². The third-order valence-corrected chi connectivity index (χ3v) is 5.78. The van der Waals surface area contributed by atoms with E-state index in [0.717, 1.165) is 56.4 Å². The highest BCUT2D eigenvalue weighted by molar-refractivity contribution is 5.52. The van der Waals surface area contributed by atoms with Gasteiger partial charge in [0.1, 0.15) is 11.6 Å². The maximum Gasteiger partial charge on any atom is 0.136 e. The van der Waals surface area contributed by atoms with Crippen molar-refractivity contribution in [3.05, 3.63) is 52.5 Å². The van der Waals surface area contributed by atoms with E-state index in [-0.39, 0.29) is 6.10 Å². The highest BCUT2D eigenvalue weighted by Crippen LogP contribution is 2.26. The summed E-state index contributed by atoms with van der Waals surface area (Å²) < 4.78 is 5.55. The van der Waals surface area contributed by atoms with E-state index in [1.807, 2.05) is 20.8 Å². The van der Waals surface area contributed by atoms with Crippen LogP contribution < -0.4 is 4.90 Å². The summed E-state index contributed by atoms with van der Waals surface area (Å²) in [5, 5.41) is 10.3. The Balaban J connectivity index is 1.71. The number of nitrogens with zero attached hydrogens (tertiary/aromatic N) is 4. The zero-order valence-electron chi connectivity index (χ0n) is 19.8. The van der Waals surface area contributed by atoms with Crippen molar-refractivity contribution >= 4 is 5.82 Å². The predicted octanol–water partition coefficient (Wildman–Crippen LogP) is 3.15. The molecule has 31 heavy (non-hydrogen) atoms. The highest BCUT2D eigenvalue weighted by Gasteiger charge is 2.24. The number of ether oxygens (including phenoxy) is 1. The molecule has 6 nitrogen and oxygen atoms in total. The van der Waals surface area contributed by atoms with Gasteiger partial charge in [-0.05, 0) is 39.7 Å². The summed E-state index contributed by atoms with van der Waals surface area (Å²) >= 11 is 0. The van der Waals surface area contributed by atoms with Crippen molar-refractivity contribution in [2.24, 2.45) is 0 Å². The molecule has 2 heterocycles. The van der Waals surface area contributed by atoms with Crippen molar-refractivity contribution in [1.29, 1.82) is 0 Å². The van der Waals surface area contributed by atoms with Gasteiger partial charge in [-0.2, -0.15) is 0 Å². The zero-order chi connectivity index (χ0) is 22.4. The first kappa shape index (κ1) is 23.6. The molecule has 1 aliphatic rings. The number of piperazine rings is 1. The molecule has 2 aromatic rings. The molecule has 3 rings (SSSR count). The number of hydrogen-bond donors (Lipinski definition) is 1. The Bertz CT molecular complexity index is 830. The molecule has 1 unspecified atom stereocenters. The van der Waals surface area contributed by atoms with E-state index in [2.05, 4.69) is 47.9 Å². The van der Waals surface area contributed by atoms with Crippen LogP contribution in [0.15, 0.2) is 24.3 Å². The third kappa shape index (κ3) is 6.73. The molecule has 0 amide bonds. The number of hydrogen-bond acceptors (Lipinski definition) is 6. The van der Waals surface area contributed by atoms with Gasteiger partial charge in [0.05, 0.1) is 18.8 Å². The Morgan fingerprint density at radius 1 is 1.03 bits per heavy atom. The molecule has 170 valence electrons. The average molecular weight is 427 g/mol. The van der Waals surface area contributed by atoms with Crippen LogP contribution in [-0.2, 0) is 17.6 Å². The Morgan fingerprint density at radius 3 is 2.32 bits per heavy atom. The van der Waals surface area contributed by atoms with E-state index in [9.17, 15) is 5.11 Å². The quantitative estimate of drug-likeness (QED) is 0.665. The second kappa shape index (κ2) is 11.0. The number of aryl methyl sites for hydroxylation is 3. The molecule has 1 aliphatic heterocycles. The fraction of sp³-hybridized carbons (Fsp3) is 0.600. The van der Waals surface area contributed by atoms with Gasteiger partial charge < -0.3 is 14.7 Å². The van der Waals surface area contributed by atoms with E-state index in [1.165, 1.54) is 16.7 Å². The lowest BCUT2D eigenvalue weighted by Crippen LogP contribution is -2.49. The maximum absolute atomic E-state index is 10.3. The van der Waals surface area contributed by atoms with E-state index in [0.29, 0.717) is 13.2 Å². The van der Waals surface area contributed by atoms with Crippen LogP contribution in [0.4, 0.5) is 5.82 Å². The van der Waals surface area contributed by atoms with E-state index in [4.69, 9.17) is 14.7 Å². The van der Waals surface area contributed by atoms with Crippen LogP contribution in [0.1, 0.15) is 49.0 Å². The summed E-state index contributed by atoms with van der Waals surface area (Å²) in [6.07, 6.45) is 1.45. The number of aliphatic hydroxyl groups excluding tert-OH is 1. The van der Waals surface area contributed by atoms with Crippen LogP contribution in [0.5, 0.6) is 0 Å². The minimum Gasteiger partial charge on any atom is -0.389 e. The molecule has 0 spiro atoms. The van der Waals surface area contributed by atoms with Crippen LogP contribution in [0.2, 0.25) is 0 Å². The fourth-order valence-corrected chi connectivity index (χ4v) is 4.08. The summed E-state index contributed by atoms with van der Waals surface area (Å²) in [4.78, 5) is 14.3. The molecule has 1 aromatic heterocycles. The minimum absolute atomic E-state index is 0.146. The number of rotatable bonds is 9. The Hall–Kier alpha value is -2.02. The molecule has 0 bridgehead atoms. The first-order valence-corrected chi connectivity index (χ1v) is 11.5. The molecular weight excluding hydrogens is 388 g/mol. The molecule has 1 atom stereocenters. The van der Waals surface area contributed by atoms with Gasteiger partial charge in [0.15, 0.2) is 0 Å². The molecule has 6 heteroatoms. The van der Waals surface area contributed by atoms with Gasteiger partial charge in [-0.15, -0.1) is 0 Å². The van der Waals surface area contributed by atoms with Crippen molar-refractivity contribution in [1.82, 2.24) is 14.9 Å². The van der Waals surface area contributed by atoms with Gasteiger partial charge >= 0.3 is 0 Å². The van der Waals surface area contributed by atoms with E-state index >= 15 is 0 Å². The van der Waals surface area contributed by atoms with Gasteiger partial charge in [0.25, 0.3) is 0 Å². The number of anilines is 1. The van der Waals surface area contributed by atoms with Crippen molar-refractivity contribution < 1.29 is 9.84 Å². The lowest BCUT2D eigenvalue weighted by Gasteiger charge is -2.37. The fourth-order valence-electron chi connectivity index (χ4n) is 4.08. The topological polar surface area (TPSA) is 61.7 Å². The monoisotopic (exact) mass is 426 g/mol. The Kier molecular flexibility index (Phi) is 8.41. The van der Waals surface area contributed by atoms with Gasteiger partial charge in [-0.25, -0.2) is 9.97 Å². The summed E-state index contributed by atoms with van der Waals surface area (Å²) in [6.45, 7) is 14.9. The number of aromatic nitrogens is 2. The number of benzene rings is 1. The molecular formula is C25H38N4O2. The van der Waals surface area contributed by atoms with Crippen molar-refractivity contribution in [3.63, 3.8) is 0 Å². The lowest BCUT2D eigenvalue weighted by molar-refractivity contribution is -0.00901. The standard InChI is InChI=1S/C25H38N4O2/c1-6-24-23(15-21-9-7-19(4)8-10-21)25(27-20(5)26-24)29-13-11-28(12-14-29)16-22(30)17-31-18(2)3/h7-10,18,22,30H,6,11-17H2,1-5H3. The molecule has 0 saturated carbocycles.